The van der Waals surface area contributed by atoms with Crippen molar-refractivity contribution in [2.75, 3.05) is 33.4 Å². The number of anilines is 1. The molecule has 1 atom stereocenters. The lowest BCUT2D eigenvalue weighted by Crippen LogP contribution is -2.37. The number of hydrazine groups is 1. The van der Waals surface area contributed by atoms with Crippen LogP contribution in [0.25, 0.3) is 12.2 Å². The summed E-state index contributed by atoms with van der Waals surface area (Å²) in [6.07, 6.45) is 10.5. The van der Waals surface area contributed by atoms with Crippen LogP contribution < -0.4 is 29.4 Å². The molecule has 0 saturated carbocycles. The highest BCUT2D eigenvalue weighted by molar-refractivity contribution is 5.67. The lowest BCUT2D eigenvalue weighted by molar-refractivity contribution is 0.354. The zero-order valence-electron chi connectivity index (χ0n) is 23.8. The van der Waals surface area contributed by atoms with Crippen LogP contribution in [0.2, 0.25) is 0 Å². The SMILES string of the molecule is COc1cccc(C=CC2=CC(C=Cc3cccc(OC)c3OC)N(c3ccc(C(C)(C)C)cc3)N2)c1OC. The highest BCUT2D eigenvalue weighted by Gasteiger charge is 2.23. The summed E-state index contributed by atoms with van der Waals surface area (Å²) in [7, 11) is 6.60. The second kappa shape index (κ2) is 12.0. The van der Waals surface area contributed by atoms with E-state index in [-0.39, 0.29) is 11.5 Å². The Morgan fingerprint density at radius 3 is 1.77 bits per heavy atom. The third-order valence-corrected chi connectivity index (χ3v) is 6.69. The molecule has 0 saturated heterocycles. The van der Waals surface area contributed by atoms with Crippen LogP contribution in [0, 0.1) is 0 Å². The molecule has 0 aliphatic carbocycles. The minimum absolute atomic E-state index is 0.0479. The van der Waals surface area contributed by atoms with Crippen molar-refractivity contribution in [2.24, 2.45) is 0 Å². The number of ether oxygens (including phenoxy) is 4. The zero-order chi connectivity index (χ0) is 28.0. The van der Waals surface area contributed by atoms with E-state index in [0.29, 0.717) is 23.0 Å². The van der Waals surface area contributed by atoms with Gasteiger partial charge in [-0.2, -0.15) is 0 Å². The minimum Gasteiger partial charge on any atom is -0.493 e. The van der Waals surface area contributed by atoms with Gasteiger partial charge in [-0.25, -0.2) is 0 Å². The molecule has 4 rings (SSSR count). The molecular weight excluding hydrogens is 488 g/mol. The Bertz CT molecular complexity index is 1370. The topological polar surface area (TPSA) is 52.2 Å². The molecule has 0 bridgehead atoms. The first-order chi connectivity index (χ1) is 18.8. The molecule has 204 valence electrons. The molecule has 0 amide bonds. The Kier molecular flexibility index (Phi) is 8.55. The van der Waals surface area contributed by atoms with Gasteiger partial charge < -0.3 is 18.9 Å². The number of rotatable bonds is 9. The standard InChI is InChI=1S/C33H38N2O4/c1-33(2,3)25-16-20-27(21-17-25)35-28(19-15-24-11-9-13-30(37-5)32(24)39-7)22-26(34-35)18-14-23-10-8-12-29(36-4)31(23)38-6/h8-22,28,34H,1-7H3. The van der Waals surface area contributed by atoms with E-state index in [9.17, 15) is 0 Å². The molecule has 1 N–H and O–H groups in total. The van der Waals surface area contributed by atoms with Gasteiger partial charge in [-0.05, 0) is 53.5 Å². The van der Waals surface area contributed by atoms with Crippen LogP contribution in [-0.4, -0.2) is 34.5 Å². The predicted octanol–water partition coefficient (Wildman–Crippen LogP) is 7.02. The number of hydrogen-bond acceptors (Lipinski definition) is 6. The maximum atomic E-state index is 5.63. The third-order valence-electron chi connectivity index (χ3n) is 6.69. The Balaban J connectivity index is 1.68. The van der Waals surface area contributed by atoms with Gasteiger partial charge in [0, 0.05) is 11.1 Å². The first-order valence-corrected chi connectivity index (χ1v) is 13.0. The van der Waals surface area contributed by atoms with Gasteiger partial charge in [0.25, 0.3) is 0 Å². The van der Waals surface area contributed by atoms with Crippen molar-refractivity contribution in [3.8, 4) is 23.0 Å². The van der Waals surface area contributed by atoms with Crippen molar-refractivity contribution in [1.82, 2.24) is 5.43 Å². The van der Waals surface area contributed by atoms with E-state index >= 15 is 0 Å². The largest absolute Gasteiger partial charge is 0.493 e. The maximum absolute atomic E-state index is 5.63. The molecule has 3 aromatic rings. The quantitative estimate of drug-likeness (QED) is 0.323. The predicted molar refractivity (Wildman–Crippen MR) is 160 cm³/mol. The minimum atomic E-state index is -0.0479. The molecule has 6 nitrogen and oxygen atoms in total. The van der Waals surface area contributed by atoms with E-state index in [4.69, 9.17) is 18.9 Å². The summed E-state index contributed by atoms with van der Waals surface area (Å²) in [5, 5.41) is 2.15. The summed E-state index contributed by atoms with van der Waals surface area (Å²) in [5.41, 5.74) is 8.84. The number of nitrogens with one attached hydrogen (secondary N) is 1. The average molecular weight is 527 g/mol. The Hall–Kier alpha value is -4.32. The summed E-state index contributed by atoms with van der Waals surface area (Å²) in [6.45, 7) is 6.67. The van der Waals surface area contributed by atoms with Gasteiger partial charge >= 0.3 is 0 Å². The molecular formula is C33H38N2O4. The first-order valence-electron chi connectivity index (χ1n) is 13.0. The average Bonchev–Trinajstić information content (AvgIpc) is 3.36. The first kappa shape index (κ1) is 27.7. The van der Waals surface area contributed by atoms with Crippen molar-refractivity contribution in [3.63, 3.8) is 0 Å². The number of methoxy groups -OCH3 is 4. The lowest BCUT2D eigenvalue weighted by Gasteiger charge is -2.27. The molecule has 6 heteroatoms. The highest BCUT2D eigenvalue weighted by Crippen LogP contribution is 2.34. The van der Waals surface area contributed by atoms with Crippen molar-refractivity contribution in [1.29, 1.82) is 0 Å². The van der Waals surface area contributed by atoms with Crippen LogP contribution in [0.3, 0.4) is 0 Å². The Morgan fingerprint density at radius 1 is 0.692 bits per heavy atom. The van der Waals surface area contributed by atoms with Gasteiger partial charge in [0.1, 0.15) is 0 Å². The Labute approximate surface area is 232 Å². The number of allylic oxidation sites excluding steroid dienone is 1. The smallest absolute Gasteiger partial charge is 0.167 e. The second-order valence-corrected chi connectivity index (χ2v) is 10.2. The van der Waals surface area contributed by atoms with Gasteiger partial charge in [0.05, 0.1) is 45.9 Å². The van der Waals surface area contributed by atoms with Crippen molar-refractivity contribution >= 4 is 17.8 Å². The highest BCUT2D eigenvalue weighted by atomic mass is 16.5. The molecule has 1 unspecified atom stereocenters. The van der Waals surface area contributed by atoms with E-state index in [2.05, 4.69) is 73.7 Å². The van der Waals surface area contributed by atoms with Gasteiger partial charge in [-0.15, -0.1) is 0 Å². The number of hydrogen-bond donors (Lipinski definition) is 1. The second-order valence-electron chi connectivity index (χ2n) is 10.2. The van der Waals surface area contributed by atoms with E-state index in [1.54, 1.807) is 28.4 Å². The van der Waals surface area contributed by atoms with Crippen molar-refractivity contribution in [3.05, 3.63) is 101 Å². The van der Waals surface area contributed by atoms with Crippen LogP contribution in [0.4, 0.5) is 5.69 Å². The van der Waals surface area contributed by atoms with E-state index in [1.165, 1.54) is 5.56 Å². The van der Waals surface area contributed by atoms with Gasteiger partial charge in [-0.1, -0.05) is 69.3 Å². The van der Waals surface area contributed by atoms with Crippen LogP contribution in [0.5, 0.6) is 23.0 Å². The van der Waals surface area contributed by atoms with Crippen LogP contribution >= 0.6 is 0 Å². The molecule has 3 aromatic carbocycles. The zero-order valence-corrected chi connectivity index (χ0v) is 23.8. The normalized spacial score (nSPS) is 15.4. The van der Waals surface area contributed by atoms with Crippen molar-refractivity contribution in [2.45, 2.75) is 32.2 Å². The maximum Gasteiger partial charge on any atom is 0.167 e. The van der Waals surface area contributed by atoms with Crippen LogP contribution in [0.15, 0.2) is 84.6 Å². The summed E-state index contributed by atoms with van der Waals surface area (Å²) in [4.78, 5) is 0. The fourth-order valence-corrected chi connectivity index (χ4v) is 4.57. The van der Waals surface area contributed by atoms with Crippen LogP contribution in [0.1, 0.15) is 37.5 Å². The third kappa shape index (κ3) is 6.23. The molecule has 0 spiro atoms. The summed E-state index contributed by atoms with van der Waals surface area (Å²) in [6, 6.07) is 20.4. The molecule has 0 aromatic heterocycles. The molecule has 0 radical (unpaired) electrons. The molecule has 0 fully saturated rings. The summed E-state index contributed by atoms with van der Waals surface area (Å²) >= 11 is 0. The summed E-state index contributed by atoms with van der Waals surface area (Å²) in [5.74, 6) is 2.80. The number of nitrogens with zero attached hydrogens (tertiary/aromatic N) is 1. The van der Waals surface area contributed by atoms with Crippen molar-refractivity contribution < 1.29 is 18.9 Å². The van der Waals surface area contributed by atoms with E-state index < -0.39 is 0 Å². The van der Waals surface area contributed by atoms with Gasteiger partial charge in [-0.3, -0.25) is 10.4 Å². The Morgan fingerprint density at radius 2 is 1.26 bits per heavy atom. The number of para-hydroxylation sites is 2. The lowest BCUT2D eigenvalue weighted by atomic mass is 9.87. The summed E-state index contributed by atoms with van der Waals surface area (Å²) < 4.78 is 22.2. The molecule has 1 aliphatic heterocycles. The van der Waals surface area contributed by atoms with E-state index in [0.717, 1.165) is 22.5 Å². The van der Waals surface area contributed by atoms with E-state index in [1.807, 2.05) is 48.6 Å². The van der Waals surface area contributed by atoms with Crippen LogP contribution in [-0.2, 0) is 5.41 Å². The number of benzene rings is 3. The molecule has 39 heavy (non-hydrogen) atoms. The molecule has 1 heterocycles. The van der Waals surface area contributed by atoms with Gasteiger partial charge in [0.2, 0.25) is 0 Å². The van der Waals surface area contributed by atoms with Gasteiger partial charge in [0.15, 0.2) is 23.0 Å². The monoisotopic (exact) mass is 526 g/mol. The fourth-order valence-electron chi connectivity index (χ4n) is 4.57. The fraction of sp³-hybridized carbons (Fsp3) is 0.273. The molecule has 1 aliphatic rings.